The highest BCUT2D eigenvalue weighted by Crippen LogP contribution is 2.44. The van der Waals surface area contributed by atoms with Gasteiger partial charge in [0.1, 0.15) is 6.10 Å². The minimum absolute atomic E-state index is 0.456. The van der Waals surface area contributed by atoms with Crippen molar-refractivity contribution in [3.8, 4) is 0 Å². The fourth-order valence-electron chi connectivity index (χ4n) is 3.73. The molecule has 4 atom stereocenters. The van der Waals surface area contributed by atoms with Crippen LogP contribution in [0.5, 0.6) is 0 Å². The van der Waals surface area contributed by atoms with E-state index in [-0.39, 0.29) is 0 Å². The zero-order chi connectivity index (χ0) is 15.7. The van der Waals surface area contributed by atoms with E-state index in [2.05, 4.69) is 4.90 Å². The Kier molecular flexibility index (Phi) is 4.21. The van der Waals surface area contributed by atoms with Crippen LogP contribution in [-0.2, 0) is 9.53 Å². The second-order valence-electron chi connectivity index (χ2n) is 6.36. The average molecular weight is 305 g/mol. The summed E-state index contributed by atoms with van der Waals surface area (Å²) in [4.78, 5) is 14.4. The van der Waals surface area contributed by atoms with E-state index in [1.165, 1.54) is 0 Å². The first-order chi connectivity index (χ1) is 10.5. The minimum atomic E-state index is -1.56. The summed E-state index contributed by atoms with van der Waals surface area (Å²) in [7, 11) is 1.98. The van der Waals surface area contributed by atoms with Crippen LogP contribution in [0.2, 0.25) is 0 Å². The van der Waals surface area contributed by atoms with Gasteiger partial charge in [0.05, 0.1) is 0 Å². The maximum atomic E-state index is 12.3. The van der Waals surface area contributed by atoms with Crippen LogP contribution in [-0.4, -0.2) is 46.0 Å². The molecule has 0 amide bonds. The van der Waals surface area contributed by atoms with E-state index >= 15 is 0 Å². The number of carbonyl (C=O) groups is 1. The Morgan fingerprint density at radius 2 is 2.00 bits per heavy atom. The summed E-state index contributed by atoms with van der Waals surface area (Å²) in [6, 6.07) is 9.14. The van der Waals surface area contributed by atoms with Gasteiger partial charge in [0.2, 0.25) is 0 Å². The maximum absolute atomic E-state index is 12.3. The molecule has 1 aromatic rings. The van der Waals surface area contributed by atoms with Crippen LogP contribution in [0.3, 0.4) is 0 Å². The minimum Gasteiger partial charge on any atom is -0.442 e. The zero-order valence-electron chi connectivity index (χ0n) is 12.8. The number of piperidine rings is 1. The Bertz CT molecular complexity index is 531. The van der Waals surface area contributed by atoms with Crippen molar-refractivity contribution in [1.29, 1.82) is 0 Å². The van der Waals surface area contributed by atoms with Crippen molar-refractivity contribution in [1.82, 2.24) is 4.90 Å². The van der Waals surface area contributed by atoms with Crippen molar-refractivity contribution >= 4 is 5.97 Å². The van der Waals surface area contributed by atoms with Gasteiger partial charge in [-0.25, -0.2) is 4.79 Å². The number of hydrogen-bond donors (Lipinski definition) is 2. The Balaban J connectivity index is 1.69. The Morgan fingerprint density at radius 3 is 2.73 bits per heavy atom. The molecule has 22 heavy (non-hydrogen) atoms. The lowest BCUT2D eigenvalue weighted by Gasteiger charge is -2.42. The van der Waals surface area contributed by atoms with E-state index in [1.807, 2.05) is 13.1 Å². The number of nitrogens with zero attached hydrogens (tertiary/aromatic N) is 1. The van der Waals surface area contributed by atoms with Crippen molar-refractivity contribution in [2.75, 3.05) is 7.05 Å². The SMILES string of the molecule is CN1[C@@H]2CCC[C@@]1(OC(=O)C(O)C(O)c1ccccc1)CC2. The molecule has 120 valence electrons. The molecule has 2 N–H and O–H groups in total. The van der Waals surface area contributed by atoms with Gasteiger partial charge in [-0.1, -0.05) is 30.3 Å². The lowest BCUT2D eigenvalue weighted by molar-refractivity contribution is -0.199. The maximum Gasteiger partial charge on any atom is 0.339 e. The third kappa shape index (κ3) is 2.64. The van der Waals surface area contributed by atoms with Gasteiger partial charge in [-0.3, -0.25) is 4.90 Å². The van der Waals surface area contributed by atoms with Crippen molar-refractivity contribution < 1.29 is 19.7 Å². The normalized spacial score (nSPS) is 30.8. The molecule has 2 unspecified atom stereocenters. The molecule has 2 heterocycles. The predicted molar refractivity (Wildman–Crippen MR) is 80.9 cm³/mol. The molecule has 5 nitrogen and oxygen atoms in total. The molecule has 0 saturated carbocycles. The smallest absolute Gasteiger partial charge is 0.339 e. The lowest BCUT2D eigenvalue weighted by Crippen LogP contribution is -2.52. The van der Waals surface area contributed by atoms with Gasteiger partial charge in [0.15, 0.2) is 11.8 Å². The zero-order valence-corrected chi connectivity index (χ0v) is 12.8. The summed E-state index contributed by atoms with van der Waals surface area (Å²) < 4.78 is 5.66. The van der Waals surface area contributed by atoms with Gasteiger partial charge in [0, 0.05) is 18.9 Å². The monoisotopic (exact) mass is 305 g/mol. The highest BCUT2D eigenvalue weighted by atomic mass is 16.6. The summed E-state index contributed by atoms with van der Waals surface area (Å²) in [6.45, 7) is 0. The highest BCUT2D eigenvalue weighted by molar-refractivity contribution is 5.76. The molecule has 2 bridgehead atoms. The van der Waals surface area contributed by atoms with Crippen LogP contribution < -0.4 is 0 Å². The molecule has 2 fully saturated rings. The summed E-state index contributed by atoms with van der Waals surface area (Å²) in [6.07, 6.45) is 1.93. The summed E-state index contributed by atoms with van der Waals surface area (Å²) >= 11 is 0. The Hall–Kier alpha value is -1.43. The summed E-state index contributed by atoms with van der Waals surface area (Å²) in [5, 5.41) is 20.3. The number of rotatable bonds is 4. The predicted octanol–water partition coefficient (Wildman–Crippen LogP) is 1.60. The fraction of sp³-hybridized carbons (Fsp3) is 0.588. The first kappa shape index (κ1) is 15.5. The number of carbonyl (C=O) groups excluding carboxylic acids is 1. The van der Waals surface area contributed by atoms with Crippen molar-refractivity contribution in [2.24, 2.45) is 0 Å². The van der Waals surface area contributed by atoms with Crippen molar-refractivity contribution in [3.63, 3.8) is 0 Å². The number of aliphatic hydroxyl groups is 2. The number of ether oxygens (including phenoxy) is 1. The average Bonchev–Trinajstić information content (AvgIpc) is 2.73. The molecule has 2 aliphatic rings. The van der Waals surface area contributed by atoms with Crippen LogP contribution >= 0.6 is 0 Å². The molecule has 3 rings (SSSR count). The molecule has 0 radical (unpaired) electrons. The summed E-state index contributed by atoms with van der Waals surface area (Å²) in [5.41, 5.74) is -0.0945. The third-order valence-corrected chi connectivity index (χ3v) is 5.14. The van der Waals surface area contributed by atoms with Crippen LogP contribution in [0, 0.1) is 0 Å². The molecule has 5 heteroatoms. The van der Waals surface area contributed by atoms with Crippen molar-refractivity contribution in [2.45, 2.75) is 56.1 Å². The highest BCUT2D eigenvalue weighted by Gasteiger charge is 2.50. The van der Waals surface area contributed by atoms with E-state index in [9.17, 15) is 15.0 Å². The second kappa shape index (κ2) is 5.99. The number of fused-ring (bicyclic) bond motifs is 2. The van der Waals surface area contributed by atoms with Gasteiger partial charge in [-0.15, -0.1) is 0 Å². The van der Waals surface area contributed by atoms with Crippen LogP contribution in [0.4, 0.5) is 0 Å². The molecule has 2 aliphatic heterocycles. The molecule has 0 aliphatic carbocycles. The first-order valence-electron chi connectivity index (χ1n) is 7.90. The number of esters is 1. The van der Waals surface area contributed by atoms with E-state index in [1.54, 1.807) is 24.3 Å². The second-order valence-corrected chi connectivity index (χ2v) is 6.36. The van der Waals surface area contributed by atoms with Crippen LogP contribution in [0.25, 0.3) is 0 Å². The summed E-state index contributed by atoms with van der Waals surface area (Å²) in [5.74, 6) is -0.745. The van der Waals surface area contributed by atoms with E-state index in [4.69, 9.17) is 4.74 Å². The third-order valence-electron chi connectivity index (χ3n) is 5.14. The van der Waals surface area contributed by atoms with E-state index in [0.29, 0.717) is 11.6 Å². The Labute approximate surface area is 130 Å². The van der Waals surface area contributed by atoms with E-state index < -0.39 is 23.9 Å². The molecule has 0 spiro atoms. The molecular weight excluding hydrogens is 282 g/mol. The molecule has 1 aromatic carbocycles. The lowest BCUT2D eigenvalue weighted by atomic mass is 10.00. The molecule has 2 saturated heterocycles. The Morgan fingerprint density at radius 1 is 1.27 bits per heavy atom. The fourth-order valence-corrected chi connectivity index (χ4v) is 3.73. The number of hydrogen-bond acceptors (Lipinski definition) is 5. The number of aliphatic hydroxyl groups excluding tert-OH is 2. The topological polar surface area (TPSA) is 70.0 Å². The van der Waals surface area contributed by atoms with Crippen molar-refractivity contribution in [3.05, 3.63) is 35.9 Å². The van der Waals surface area contributed by atoms with Crippen LogP contribution in [0.1, 0.15) is 43.8 Å². The van der Waals surface area contributed by atoms with Crippen LogP contribution in [0.15, 0.2) is 30.3 Å². The number of benzene rings is 1. The van der Waals surface area contributed by atoms with E-state index in [0.717, 1.165) is 32.1 Å². The quantitative estimate of drug-likeness (QED) is 0.827. The first-order valence-corrected chi connectivity index (χ1v) is 7.90. The van der Waals surface area contributed by atoms with Gasteiger partial charge in [0.25, 0.3) is 0 Å². The van der Waals surface area contributed by atoms with Gasteiger partial charge < -0.3 is 14.9 Å². The molecule has 0 aromatic heterocycles. The molecular formula is C17H23NO4. The van der Waals surface area contributed by atoms with Gasteiger partial charge >= 0.3 is 5.97 Å². The largest absolute Gasteiger partial charge is 0.442 e. The van der Waals surface area contributed by atoms with Gasteiger partial charge in [-0.2, -0.15) is 0 Å². The standard InChI is InChI=1S/C17H23NO4/c1-18-13-8-5-10-17(18,11-9-13)22-16(21)15(20)14(19)12-6-3-2-4-7-12/h2-4,6-7,13-15,19-20H,5,8-11H2,1H3/t13-,14?,15?,17-/m1/s1. The van der Waals surface area contributed by atoms with Gasteiger partial charge in [-0.05, 0) is 31.9 Å².